The quantitative estimate of drug-likeness (QED) is 0.855. The Labute approximate surface area is 140 Å². The van der Waals surface area contributed by atoms with Crippen LogP contribution in [0.1, 0.15) is 39.7 Å². The highest BCUT2D eigenvalue weighted by atomic mass is 32.1. The predicted octanol–water partition coefficient (Wildman–Crippen LogP) is 3.14. The van der Waals surface area contributed by atoms with Gasteiger partial charge in [0.15, 0.2) is 0 Å². The maximum absolute atomic E-state index is 12.6. The highest BCUT2D eigenvalue weighted by Crippen LogP contribution is 2.39. The van der Waals surface area contributed by atoms with E-state index in [0.717, 1.165) is 23.3 Å². The third-order valence-electron chi connectivity index (χ3n) is 4.26. The van der Waals surface area contributed by atoms with Crippen molar-refractivity contribution in [2.75, 3.05) is 7.11 Å². The second kappa shape index (κ2) is 7.25. The third kappa shape index (κ3) is 3.80. The van der Waals surface area contributed by atoms with Crippen LogP contribution in [0, 0.1) is 5.92 Å². The summed E-state index contributed by atoms with van der Waals surface area (Å²) in [5.74, 6) is 0.220. The summed E-state index contributed by atoms with van der Waals surface area (Å²) in [6.45, 7) is 0.490. The first-order valence-electron chi connectivity index (χ1n) is 7.77. The molecule has 0 spiro atoms. The average Bonchev–Trinajstić information content (AvgIpc) is 3.04. The molecule has 0 bridgehead atoms. The Bertz CT molecular complexity index is 650. The average molecular weight is 331 g/mol. The number of hydrogen-bond donors (Lipinski definition) is 2. The van der Waals surface area contributed by atoms with Crippen molar-refractivity contribution in [3.8, 4) is 0 Å². The summed E-state index contributed by atoms with van der Waals surface area (Å²) in [6.07, 6.45) is 1.25. The molecule has 0 saturated heterocycles. The number of aliphatic hydroxyl groups is 1. The van der Waals surface area contributed by atoms with Crippen LogP contribution in [0.5, 0.6) is 0 Å². The third-order valence-corrected chi connectivity index (χ3v) is 5.21. The molecule has 4 nitrogen and oxygen atoms in total. The molecule has 2 N–H and O–H groups in total. The van der Waals surface area contributed by atoms with Gasteiger partial charge in [0, 0.05) is 17.6 Å². The fourth-order valence-corrected chi connectivity index (χ4v) is 3.85. The fraction of sp³-hybridized carbons (Fsp3) is 0.389. The lowest BCUT2D eigenvalue weighted by atomic mass is 9.76. The normalized spacial score (nSPS) is 21.5. The lowest BCUT2D eigenvalue weighted by molar-refractivity contribution is 0.0241. The van der Waals surface area contributed by atoms with E-state index < -0.39 is 0 Å². The zero-order valence-electron chi connectivity index (χ0n) is 13.1. The molecule has 1 atom stereocenters. The first-order valence-corrected chi connectivity index (χ1v) is 8.65. The lowest BCUT2D eigenvalue weighted by Gasteiger charge is -2.37. The number of amides is 1. The maximum Gasteiger partial charge on any atom is 0.251 e. The van der Waals surface area contributed by atoms with Gasteiger partial charge in [-0.05, 0) is 47.9 Å². The molecule has 1 aromatic heterocycles. The van der Waals surface area contributed by atoms with Gasteiger partial charge in [-0.25, -0.2) is 0 Å². The van der Waals surface area contributed by atoms with E-state index in [0.29, 0.717) is 18.1 Å². The monoisotopic (exact) mass is 331 g/mol. The van der Waals surface area contributed by atoms with Crippen molar-refractivity contribution >= 4 is 17.2 Å². The molecule has 3 rings (SSSR count). The number of ether oxygens (including phenoxy) is 1. The number of aliphatic hydroxyl groups excluding tert-OH is 1. The van der Waals surface area contributed by atoms with Gasteiger partial charge in [-0.3, -0.25) is 4.79 Å². The molecule has 1 amide bonds. The molecule has 5 heteroatoms. The smallest absolute Gasteiger partial charge is 0.251 e. The topological polar surface area (TPSA) is 58.6 Å². The Morgan fingerprint density at radius 1 is 1.39 bits per heavy atom. The van der Waals surface area contributed by atoms with Crippen LogP contribution < -0.4 is 5.32 Å². The number of rotatable bonds is 6. The highest BCUT2D eigenvalue weighted by molar-refractivity contribution is 7.10. The van der Waals surface area contributed by atoms with Gasteiger partial charge in [-0.15, -0.1) is 11.3 Å². The molecular formula is C18H21NO3S. The summed E-state index contributed by atoms with van der Waals surface area (Å²) in [7, 11) is 1.64. The summed E-state index contributed by atoms with van der Waals surface area (Å²) >= 11 is 1.64. The van der Waals surface area contributed by atoms with Crippen LogP contribution in [0.15, 0.2) is 41.8 Å². The van der Waals surface area contributed by atoms with Crippen molar-refractivity contribution in [3.63, 3.8) is 0 Å². The first-order chi connectivity index (χ1) is 11.2. The summed E-state index contributed by atoms with van der Waals surface area (Å²) in [4.78, 5) is 13.8. The van der Waals surface area contributed by atoms with E-state index in [1.807, 2.05) is 41.8 Å². The maximum atomic E-state index is 12.6. The number of carbonyl (C=O) groups is 1. The SMILES string of the molecule is COCc1cccc(C(=O)N[C@H](c2cccs2)C2CC(O)C2)c1. The number of methoxy groups -OCH3 is 1. The van der Waals surface area contributed by atoms with Crippen molar-refractivity contribution in [1.29, 1.82) is 0 Å². The molecule has 0 aliphatic heterocycles. The number of carbonyl (C=O) groups excluding carboxylic acids is 1. The zero-order valence-corrected chi connectivity index (χ0v) is 13.9. The number of nitrogens with one attached hydrogen (secondary N) is 1. The second-order valence-corrected chi connectivity index (χ2v) is 6.96. The van der Waals surface area contributed by atoms with E-state index in [-0.39, 0.29) is 18.1 Å². The molecule has 0 unspecified atom stereocenters. The number of thiophene rings is 1. The molecular weight excluding hydrogens is 310 g/mol. The Kier molecular flexibility index (Phi) is 5.10. The highest BCUT2D eigenvalue weighted by Gasteiger charge is 2.36. The van der Waals surface area contributed by atoms with Crippen molar-refractivity contribution in [2.24, 2.45) is 5.92 Å². The predicted molar refractivity (Wildman–Crippen MR) is 90.4 cm³/mol. The van der Waals surface area contributed by atoms with Gasteiger partial charge in [0.1, 0.15) is 0 Å². The Hall–Kier alpha value is -1.69. The van der Waals surface area contributed by atoms with Gasteiger partial charge >= 0.3 is 0 Å². The van der Waals surface area contributed by atoms with E-state index in [9.17, 15) is 9.90 Å². The van der Waals surface area contributed by atoms with Gasteiger partial charge in [0.25, 0.3) is 5.91 Å². The molecule has 1 aliphatic rings. The fourth-order valence-electron chi connectivity index (χ4n) is 2.99. The minimum Gasteiger partial charge on any atom is -0.393 e. The summed E-state index contributed by atoms with van der Waals surface area (Å²) in [5, 5.41) is 14.8. The van der Waals surface area contributed by atoms with E-state index in [1.165, 1.54) is 0 Å². The van der Waals surface area contributed by atoms with E-state index >= 15 is 0 Å². The lowest BCUT2D eigenvalue weighted by Crippen LogP contribution is -2.41. The van der Waals surface area contributed by atoms with Crippen molar-refractivity contribution in [3.05, 3.63) is 57.8 Å². The molecule has 2 aromatic rings. The van der Waals surface area contributed by atoms with Crippen LogP contribution in [0.25, 0.3) is 0 Å². The summed E-state index contributed by atoms with van der Waals surface area (Å²) in [6, 6.07) is 11.5. The van der Waals surface area contributed by atoms with Crippen LogP contribution in [-0.4, -0.2) is 24.2 Å². The first kappa shape index (κ1) is 16.2. The molecule has 23 heavy (non-hydrogen) atoms. The second-order valence-electron chi connectivity index (χ2n) is 5.99. The molecule has 1 heterocycles. The molecule has 1 fully saturated rings. The molecule has 1 saturated carbocycles. The van der Waals surface area contributed by atoms with Crippen LogP contribution >= 0.6 is 11.3 Å². The Balaban J connectivity index is 1.74. The van der Waals surface area contributed by atoms with Crippen LogP contribution in [0.3, 0.4) is 0 Å². The Morgan fingerprint density at radius 2 is 2.22 bits per heavy atom. The Morgan fingerprint density at radius 3 is 2.87 bits per heavy atom. The van der Waals surface area contributed by atoms with Crippen molar-refractivity contribution in [2.45, 2.75) is 31.6 Å². The molecule has 1 aliphatic carbocycles. The van der Waals surface area contributed by atoms with Gasteiger partial charge in [-0.1, -0.05) is 18.2 Å². The summed E-state index contributed by atoms with van der Waals surface area (Å²) < 4.78 is 5.12. The van der Waals surface area contributed by atoms with E-state index in [2.05, 4.69) is 5.32 Å². The van der Waals surface area contributed by atoms with Crippen LogP contribution in [0.2, 0.25) is 0 Å². The zero-order chi connectivity index (χ0) is 16.2. The molecule has 122 valence electrons. The van der Waals surface area contributed by atoms with Gasteiger partial charge in [0.05, 0.1) is 18.8 Å². The van der Waals surface area contributed by atoms with E-state index in [1.54, 1.807) is 18.4 Å². The van der Waals surface area contributed by atoms with Crippen LogP contribution in [0.4, 0.5) is 0 Å². The number of benzene rings is 1. The van der Waals surface area contributed by atoms with Gasteiger partial charge in [-0.2, -0.15) is 0 Å². The van der Waals surface area contributed by atoms with Crippen molar-refractivity contribution in [1.82, 2.24) is 5.32 Å². The molecule has 0 radical (unpaired) electrons. The largest absolute Gasteiger partial charge is 0.393 e. The van der Waals surface area contributed by atoms with Gasteiger partial charge < -0.3 is 15.2 Å². The standard InChI is InChI=1S/C18H21NO3S/c1-22-11-12-4-2-5-13(8-12)18(21)19-17(14-9-15(20)10-14)16-6-3-7-23-16/h2-8,14-15,17,20H,9-11H2,1H3,(H,19,21)/t14?,15?,17-/m0/s1. The molecule has 1 aromatic carbocycles. The number of hydrogen-bond acceptors (Lipinski definition) is 4. The minimum absolute atomic E-state index is 0.0306. The minimum atomic E-state index is -0.232. The van der Waals surface area contributed by atoms with Crippen LogP contribution in [-0.2, 0) is 11.3 Å². The van der Waals surface area contributed by atoms with Crippen molar-refractivity contribution < 1.29 is 14.6 Å². The van der Waals surface area contributed by atoms with Gasteiger partial charge in [0.2, 0.25) is 0 Å². The summed E-state index contributed by atoms with van der Waals surface area (Å²) in [5.41, 5.74) is 1.62. The van der Waals surface area contributed by atoms with E-state index in [4.69, 9.17) is 4.74 Å².